The van der Waals surface area contributed by atoms with Crippen LogP contribution in [-0.2, 0) is 10.5 Å². The van der Waals surface area contributed by atoms with Gasteiger partial charge in [0.05, 0.1) is 12.7 Å². The van der Waals surface area contributed by atoms with Gasteiger partial charge in [0.1, 0.15) is 11.4 Å². The van der Waals surface area contributed by atoms with Gasteiger partial charge in [-0.2, -0.15) is 0 Å². The molecule has 0 unspecified atom stereocenters. The number of benzene rings is 1. The first-order valence-corrected chi connectivity index (χ1v) is 4.92. The summed E-state index contributed by atoms with van der Waals surface area (Å²) in [5.41, 5.74) is -1.58. The van der Waals surface area contributed by atoms with Crippen molar-refractivity contribution in [2.24, 2.45) is 0 Å². The van der Waals surface area contributed by atoms with Gasteiger partial charge < -0.3 is 9.84 Å². The minimum absolute atomic E-state index is 0.116. The highest BCUT2D eigenvalue weighted by molar-refractivity contribution is 6.40. The van der Waals surface area contributed by atoms with E-state index in [9.17, 15) is 14.0 Å². The molecular formula is C12H13FO4. The third-order valence-electron chi connectivity index (χ3n) is 2.32. The quantitative estimate of drug-likeness (QED) is 0.647. The Hall–Kier alpha value is -1.91. The maximum atomic E-state index is 13.7. The fourth-order valence-electron chi connectivity index (χ4n) is 1.37. The average molecular weight is 240 g/mol. The van der Waals surface area contributed by atoms with Gasteiger partial charge in [-0.3, -0.25) is 4.79 Å². The Kier molecular flexibility index (Phi) is 3.50. The van der Waals surface area contributed by atoms with Gasteiger partial charge in [-0.05, 0) is 31.5 Å². The van der Waals surface area contributed by atoms with Crippen molar-refractivity contribution in [2.45, 2.75) is 19.5 Å². The van der Waals surface area contributed by atoms with Gasteiger partial charge in [0, 0.05) is 0 Å². The Morgan fingerprint density at radius 3 is 2.35 bits per heavy atom. The zero-order valence-electron chi connectivity index (χ0n) is 9.78. The summed E-state index contributed by atoms with van der Waals surface area (Å²) in [6.07, 6.45) is 0. The number of aliphatic carboxylic acids is 1. The molecule has 0 bridgehead atoms. The topological polar surface area (TPSA) is 63.6 Å². The molecule has 0 atom stereocenters. The summed E-state index contributed by atoms with van der Waals surface area (Å²) in [5, 5.41) is 8.65. The molecule has 0 aliphatic rings. The lowest BCUT2D eigenvalue weighted by atomic mass is 9.96. The maximum Gasteiger partial charge on any atom is 0.377 e. The second kappa shape index (κ2) is 4.53. The molecule has 1 aromatic carbocycles. The molecule has 17 heavy (non-hydrogen) atoms. The molecule has 1 aromatic rings. The fourth-order valence-corrected chi connectivity index (χ4v) is 1.37. The number of alkyl halides is 1. The first-order chi connectivity index (χ1) is 7.77. The highest BCUT2D eigenvalue weighted by Crippen LogP contribution is 2.29. The predicted molar refractivity (Wildman–Crippen MR) is 59.1 cm³/mol. The van der Waals surface area contributed by atoms with Crippen molar-refractivity contribution in [2.75, 3.05) is 7.11 Å². The molecular weight excluding hydrogens is 227 g/mol. The minimum Gasteiger partial charge on any atom is -0.496 e. The zero-order chi connectivity index (χ0) is 13.2. The van der Waals surface area contributed by atoms with Gasteiger partial charge in [0.2, 0.25) is 0 Å². The van der Waals surface area contributed by atoms with E-state index >= 15 is 0 Å². The third-order valence-corrected chi connectivity index (χ3v) is 2.32. The molecule has 0 radical (unpaired) electrons. The van der Waals surface area contributed by atoms with Gasteiger partial charge in [0.15, 0.2) is 0 Å². The lowest BCUT2D eigenvalue weighted by Gasteiger charge is -2.16. The first-order valence-electron chi connectivity index (χ1n) is 4.92. The van der Waals surface area contributed by atoms with Crippen molar-refractivity contribution in [3.63, 3.8) is 0 Å². The van der Waals surface area contributed by atoms with Crippen LogP contribution in [0.2, 0.25) is 0 Å². The smallest absolute Gasteiger partial charge is 0.377 e. The van der Waals surface area contributed by atoms with Gasteiger partial charge >= 0.3 is 5.97 Å². The van der Waals surface area contributed by atoms with E-state index in [1.807, 2.05) is 0 Å². The largest absolute Gasteiger partial charge is 0.496 e. The van der Waals surface area contributed by atoms with E-state index in [1.54, 1.807) is 0 Å². The lowest BCUT2D eigenvalue weighted by Crippen LogP contribution is -2.16. The van der Waals surface area contributed by atoms with Gasteiger partial charge in [-0.15, -0.1) is 0 Å². The molecule has 5 heteroatoms. The van der Waals surface area contributed by atoms with Crippen LogP contribution in [0.4, 0.5) is 4.39 Å². The van der Waals surface area contributed by atoms with Gasteiger partial charge in [0.25, 0.3) is 5.78 Å². The number of Topliss-reactive ketones (excluding diaryl/α,β-unsaturated/α-hetero) is 1. The second-order valence-electron chi connectivity index (χ2n) is 4.02. The molecule has 92 valence electrons. The van der Waals surface area contributed by atoms with Crippen LogP contribution in [0, 0.1) is 0 Å². The number of rotatable bonds is 4. The van der Waals surface area contributed by atoms with E-state index in [0.717, 1.165) is 0 Å². The number of hydrogen-bond donors (Lipinski definition) is 1. The molecule has 0 saturated carbocycles. The van der Waals surface area contributed by atoms with Crippen molar-refractivity contribution in [1.82, 2.24) is 0 Å². The highest BCUT2D eigenvalue weighted by Gasteiger charge is 2.25. The van der Waals surface area contributed by atoms with E-state index in [0.29, 0.717) is 0 Å². The summed E-state index contributed by atoms with van der Waals surface area (Å²) in [6, 6.07) is 4.04. The Bertz CT molecular complexity index is 460. The van der Waals surface area contributed by atoms with Crippen LogP contribution < -0.4 is 4.74 Å². The summed E-state index contributed by atoms with van der Waals surface area (Å²) in [6.45, 7) is 2.65. The molecule has 0 aromatic heterocycles. The molecule has 1 N–H and O–H groups in total. The summed E-state index contributed by atoms with van der Waals surface area (Å²) in [7, 11) is 1.31. The molecule has 0 spiro atoms. The maximum absolute atomic E-state index is 13.7. The zero-order valence-corrected chi connectivity index (χ0v) is 9.78. The first kappa shape index (κ1) is 13.2. The molecule has 4 nitrogen and oxygen atoms in total. The van der Waals surface area contributed by atoms with Crippen LogP contribution in [0.15, 0.2) is 18.2 Å². The number of methoxy groups -OCH3 is 1. The Morgan fingerprint density at radius 2 is 1.94 bits per heavy atom. The van der Waals surface area contributed by atoms with Gasteiger partial charge in [-0.25, -0.2) is 9.18 Å². The van der Waals surface area contributed by atoms with E-state index in [1.165, 1.54) is 39.2 Å². The van der Waals surface area contributed by atoms with Crippen LogP contribution in [0.5, 0.6) is 5.75 Å². The van der Waals surface area contributed by atoms with E-state index in [4.69, 9.17) is 9.84 Å². The van der Waals surface area contributed by atoms with Crippen molar-refractivity contribution in [3.8, 4) is 5.75 Å². The number of carbonyl (C=O) groups excluding carboxylic acids is 1. The number of carbonyl (C=O) groups is 2. The number of halogens is 1. The van der Waals surface area contributed by atoms with Crippen LogP contribution in [0.25, 0.3) is 0 Å². The Balaban J connectivity index is 3.35. The molecule has 0 aliphatic carbocycles. The molecule has 0 heterocycles. The summed E-state index contributed by atoms with van der Waals surface area (Å²) < 4.78 is 18.6. The van der Waals surface area contributed by atoms with Gasteiger partial charge in [-0.1, -0.05) is 6.07 Å². The normalized spacial score (nSPS) is 11.1. The lowest BCUT2D eigenvalue weighted by molar-refractivity contribution is -0.131. The number of hydrogen-bond acceptors (Lipinski definition) is 3. The number of ketones is 1. The Labute approximate surface area is 98.0 Å². The monoisotopic (exact) mass is 240 g/mol. The molecule has 0 fully saturated rings. The van der Waals surface area contributed by atoms with Crippen molar-refractivity contribution in [1.29, 1.82) is 0 Å². The van der Waals surface area contributed by atoms with Crippen molar-refractivity contribution < 1.29 is 23.8 Å². The standard InChI is InChI=1S/C12H13FO4/c1-12(2,13)7-4-5-9(17-3)8(6-7)10(14)11(15)16/h4-6H,1-3H3,(H,15,16). The average Bonchev–Trinajstić information content (AvgIpc) is 2.25. The number of carboxylic acid groups (broad SMARTS) is 1. The van der Waals surface area contributed by atoms with Crippen LogP contribution in [-0.4, -0.2) is 24.0 Å². The Morgan fingerprint density at radius 1 is 1.35 bits per heavy atom. The summed E-state index contributed by atoms with van der Waals surface area (Å²) in [4.78, 5) is 22.0. The SMILES string of the molecule is COc1ccc(C(C)(C)F)cc1C(=O)C(=O)O. The minimum atomic E-state index is -1.65. The van der Waals surface area contributed by atoms with Crippen molar-refractivity contribution in [3.05, 3.63) is 29.3 Å². The van der Waals surface area contributed by atoms with E-state index < -0.39 is 17.4 Å². The summed E-state index contributed by atoms with van der Waals surface area (Å²) in [5.74, 6) is -2.60. The fraction of sp³-hybridized carbons (Fsp3) is 0.333. The molecule has 1 rings (SSSR count). The van der Waals surface area contributed by atoms with Crippen LogP contribution >= 0.6 is 0 Å². The molecule has 0 aliphatic heterocycles. The third kappa shape index (κ3) is 2.81. The highest BCUT2D eigenvalue weighted by atomic mass is 19.1. The van der Waals surface area contributed by atoms with E-state index in [2.05, 4.69) is 0 Å². The van der Waals surface area contributed by atoms with Crippen molar-refractivity contribution >= 4 is 11.8 Å². The molecule has 0 amide bonds. The van der Waals surface area contributed by atoms with Crippen LogP contribution in [0.3, 0.4) is 0 Å². The number of carboxylic acids is 1. The summed E-state index contributed by atoms with van der Waals surface area (Å²) >= 11 is 0. The number of ether oxygens (including phenoxy) is 1. The van der Waals surface area contributed by atoms with Crippen LogP contribution in [0.1, 0.15) is 29.8 Å². The second-order valence-corrected chi connectivity index (χ2v) is 4.02. The van der Waals surface area contributed by atoms with E-state index in [-0.39, 0.29) is 16.9 Å². The molecule has 0 saturated heterocycles. The predicted octanol–water partition coefficient (Wildman–Crippen LogP) is 2.17.